The fourth-order valence-electron chi connectivity index (χ4n) is 4.32. The molecule has 9 heteroatoms. The lowest BCUT2D eigenvalue weighted by molar-refractivity contribution is -0.144. The Bertz CT molecular complexity index is 1380. The molecule has 3 aromatic carbocycles. The van der Waals surface area contributed by atoms with Crippen molar-refractivity contribution in [2.24, 2.45) is 5.92 Å². The molecule has 2 N–H and O–H groups in total. The van der Waals surface area contributed by atoms with Gasteiger partial charge in [0.1, 0.15) is 12.1 Å². The highest BCUT2D eigenvalue weighted by molar-refractivity contribution is 5.88. The molecule has 9 nitrogen and oxygen atoms in total. The number of amides is 1. The second-order valence-electron chi connectivity index (χ2n) is 9.45. The van der Waals surface area contributed by atoms with E-state index in [0.29, 0.717) is 5.82 Å². The number of nitrogens with zero attached hydrogens (tertiary/aromatic N) is 4. The van der Waals surface area contributed by atoms with E-state index < -0.39 is 18.1 Å². The van der Waals surface area contributed by atoms with E-state index in [-0.39, 0.29) is 18.6 Å². The van der Waals surface area contributed by atoms with Crippen LogP contribution in [-0.4, -0.2) is 54.8 Å². The Kier molecular flexibility index (Phi) is 6.37. The van der Waals surface area contributed by atoms with E-state index in [2.05, 4.69) is 26.7 Å². The van der Waals surface area contributed by atoms with Crippen molar-refractivity contribution in [3.63, 3.8) is 0 Å². The van der Waals surface area contributed by atoms with Gasteiger partial charge >= 0.3 is 12.1 Å². The summed E-state index contributed by atoms with van der Waals surface area (Å²) >= 11 is 0. The summed E-state index contributed by atoms with van der Waals surface area (Å²) in [5.74, 6) is -0.748. The Morgan fingerprint density at radius 2 is 1.67 bits per heavy atom. The van der Waals surface area contributed by atoms with Crippen molar-refractivity contribution in [3.05, 3.63) is 66.2 Å². The van der Waals surface area contributed by atoms with Gasteiger partial charge in [-0.3, -0.25) is 4.90 Å². The van der Waals surface area contributed by atoms with Crippen LogP contribution in [0.15, 0.2) is 60.7 Å². The van der Waals surface area contributed by atoms with E-state index in [1.807, 2.05) is 54.6 Å². The van der Waals surface area contributed by atoms with Crippen LogP contribution in [0.1, 0.15) is 32.3 Å². The number of nitrogens with one attached hydrogen (secondary N) is 1. The first kappa shape index (κ1) is 23.5. The first-order chi connectivity index (χ1) is 17.4. The number of fused-ring (bicyclic) bond motifs is 1. The number of aromatic nitrogens is 4. The first-order valence-corrected chi connectivity index (χ1v) is 12.0. The molecule has 1 fully saturated rings. The quantitative estimate of drug-likeness (QED) is 0.364. The highest BCUT2D eigenvalue weighted by Gasteiger charge is 2.36. The summed E-state index contributed by atoms with van der Waals surface area (Å²) in [6.45, 7) is 3.76. The number of carbonyl (C=O) groups excluding carboxylic acids is 1. The zero-order valence-corrected chi connectivity index (χ0v) is 20.1. The van der Waals surface area contributed by atoms with Crippen LogP contribution in [-0.2, 0) is 16.1 Å². The summed E-state index contributed by atoms with van der Waals surface area (Å²) in [4.78, 5) is 26.2. The third-order valence-electron chi connectivity index (χ3n) is 6.33. The Labute approximate surface area is 208 Å². The third kappa shape index (κ3) is 5.05. The van der Waals surface area contributed by atoms with Crippen LogP contribution in [0.3, 0.4) is 0 Å². The predicted octanol–water partition coefficient (Wildman–Crippen LogP) is 4.90. The van der Waals surface area contributed by atoms with Gasteiger partial charge in [0, 0.05) is 12.1 Å². The minimum absolute atomic E-state index is 0.0992. The van der Waals surface area contributed by atoms with Gasteiger partial charge in [0.05, 0.1) is 0 Å². The van der Waals surface area contributed by atoms with Gasteiger partial charge in [-0.05, 0) is 63.6 Å². The van der Waals surface area contributed by atoms with E-state index in [9.17, 15) is 14.7 Å². The lowest BCUT2D eigenvalue weighted by Crippen LogP contribution is -2.48. The number of aromatic amines is 1. The molecule has 0 saturated heterocycles. The molecule has 1 aromatic heterocycles. The molecule has 184 valence electrons. The van der Waals surface area contributed by atoms with Crippen molar-refractivity contribution in [2.75, 3.05) is 0 Å². The molecule has 1 aliphatic carbocycles. The molecule has 0 bridgehead atoms. The first-order valence-electron chi connectivity index (χ1n) is 12.0. The van der Waals surface area contributed by atoms with Crippen LogP contribution >= 0.6 is 0 Å². The maximum absolute atomic E-state index is 12.8. The van der Waals surface area contributed by atoms with Gasteiger partial charge in [0.15, 0.2) is 0 Å². The Balaban J connectivity index is 1.38. The molecule has 0 aliphatic heterocycles. The second-order valence-corrected chi connectivity index (χ2v) is 9.45. The summed E-state index contributed by atoms with van der Waals surface area (Å²) in [5.41, 5.74) is 3.85. The standard InChI is InChI=1S/C27H27N5O4/c1-16(2)24(26(33)34)32(27(35)36-23-11-12-23)15-17-3-4-22-14-21(10-9-20(22)13-17)18-5-7-19(8-6-18)25-28-30-31-29-25/h3-10,13-14,16,23-24H,11-12,15H2,1-2H3,(H,33,34)(H,28,29,30,31). The van der Waals surface area contributed by atoms with E-state index >= 15 is 0 Å². The van der Waals surface area contributed by atoms with Gasteiger partial charge in [-0.1, -0.05) is 62.4 Å². The number of ether oxygens (including phenoxy) is 1. The highest BCUT2D eigenvalue weighted by Crippen LogP contribution is 2.29. The van der Waals surface area contributed by atoms with Crippen LogP contribution in [0.5, 0.6) is 0 Å². The van der Waals surface area contributed by atoms with Crippen molar-refractivity contribution in [1.29, 1.82) is 0 Å². The Hall–Kier alpha value is -4.27. The maximum Gasteiger partial charge on any atom is 0.411 e. The van der Waals surface area contributed by atoms with Gasteiger partial charge in [-0.25, -0.2) is 9.59 Å². The normalized spacial score (nSPS) is 14.1. The SMILES string of the molecule is CC(C)C(C(=O)O)N(Cc1ccc2cc(-c3ccc(-c4nn[nH]n4)cc3)ccc2c1)C(=O)OC1CC1. The number of H-pyrrole nitrogens is 1. The smallest absolute Gasteiger partial charge is 0.411 e. The van der Waals surface area contributed by atoms with Gasteiger partial charge < -0.3 is 9.84 Å². The second kappa shape index (κ2) is 9.77. The number of carbonyl (C=O) groups is 2. The topological polar surface area (TPSA) is 121 Å². The predicted molar refractivity (Wildman–Crippen MR) is 134 cm³/mol. The molecule has 1 atom stereocenters. The number of carboxylic acids is 1. The molecule has 0 spiro atoms. The van der Waals surface area contributed by atoms with E-state index in [4.69, 9.17) is 4.74 Å². The summed E-state index contributed by atoms with van der Waals surface area (Å²) < 4.78 is 5.47. The number of hydrogen-bond acceptors (Lipinski definition) is 6. The number of hydrogen-bond donors (Lipinski definition) is 2. The van der Waals surface area contributed by atoms with Crippen LogP contribution in [0.2, 0.25) is 0 Å². The van der Waals surface area contributed by atoms with E-state index in [1.165, 1.54) is 4.90 Å². The molecule has 1 heterocycles. The largest absolute Gasteiger partial charge is 0.480 e. The molecule has 1 unspecified atom stereocenters. The highest BCUT2D eigenvalue weighted by atomic mass is 16.6. The number of rotatable bonds is 8. The van der Waals surface area contributed by atoms with Crippen LogP contribution < -0.4 is 0 Å². The maximum atomic E-state index is 12.8. The van der Waals surface area contributed by atoms with Crippen molar-refractivity contribution >= 4 is 22.8 Å². The molecular weight excluding hydrogens is 458 g/mol. The lowest BCUT2D eigenvalue weighted by Gasteiger charge is -2.31. The number of benzene rings is 3. The molecule has 1 amide bonds. The van der Waals surface area contributed by atoms with Crippen LogP contribution in [0.25, 0.3) is 33.3 Å². The Morgan fingerprint density at radius 3 is 2.31 bits per heavy atom. The Morgan fingerprint density at radius 1 is 1.00 bits per heavy atom. The molecule has 36 heavy (non-hydrogen) atoms. The number of carboxylic acid groups (broad SMARTS) is 1. The fourth-order valence-corrected chi connectivity index (χ4v) is 4.32. The van der Waals surface area contributed by atoms with Gasteiger partial charge in [-0.2, -0.15) is 5.21 Å². The molecule has 1 aliphatic rings. The summed E-state index contributed by atoms with van der Waals surface area (Å²) in [5, 5.41) is 25.9. The zero-order valence-electron chi connectivity index (χ0n) is 20.1. The van der Waals surface area contributed by atoms with E-state index in [0.717, 1.165) is 45.9 Å². The zero-order chi connectivity index (χ0) is 25.2. The fraction of sp³-hybridized carbons (Fsp3) is 0.296. The minimum Gasteiger partial charge on any atom is -0.480 e. The monoisotopic (exact) mass is 485 g/mol. The van der Waals surface area contributed by atoms with Crippen molar-refractivity contribution in [3.8, 4) is 22.5 Å². The van der Waals surface area contributed by atoms with Crippen molar-refractivity contribution in [1.82, 2.24) is 25.5 Å². The number of aliphatic carboxylic acids is 1. The lowest BCUT2D eigenvalue weighted by atomic mass is 9.98. The molecule has 0 radical (unpaired) electrons. The number of tetrazole rings is 1. The van der Waals surface area contributed by atoms with Gasteiger partial charge in [0.2, 0.25) is 5.82 Å². The average Bonchev–Trinajstić information content (AvgIpc) is 3.50. The average molecular weight is 486 g/mol. The molecule has 1 saturated carbocycles. The summed E-state index contributed by atoms with van der Waals surface area (Å²) in [6.07, 6.45) is 0.991. The summed E-state index contributed by atoms with van der Waals surface area (Å²) in [7, 11) is 0. The molecular formula is C27H27N5O4. The van der Waals surface area contributed by atoms with Gasteiger partial charge in [0.25, 0.3) is 0 Å². The summed E-state index contributed by atoms with van der Waals surface area (Å²) in [6, 6.07) is 19.1. The van der Waals surface area contributed by atoms with Crippen molar-refractivity contribution < 1.29 is 19.4 Å². The third-order valence-corrected chi connectivity index (χ3v) is 6.33. The van der Waals surface area contributed by atoms with Crippen LogP contribution in [0, 0.1) is 5.92 Å². The minimum atomic E-state index is -1.03. The molecule has 5 rings (SSSR count). The van der Waals surface area contributed by atoms with Gasteiger partial charge in [-0.15, -0.1) is 10.2 Å². The molecule has 4 aromatic rings. The van der Waals surface area contributed by atoms with Crippen molar-refractivity contribution in [2.45, 2.75) is 45.4 Å². The van der Waals surface area contributed by atoms with Crippen LogP contribution in [0.4, 0.5) is 4.79 Å². The van der Waals surface area contributed by atoms with E-state index in [1.54, 1.807) is 13.8 Å².